The first-order valence-corrected chi connectivity index (χ1v) is 14.3. The molecule has 0 atom stereocenters. The van der Waals surface area contributed by atoms with Gasteiger partial charge in [0.25, 0.3) is 0 Å². The lowest BCUT2D eigenvalue weighted by atomic mass is 9.77. The Hall–Kier alpha value is -4.42. The molecular weight excluding hydrogens is 574 g/mol. The highest BCUT2D eigenvalue weighted by Gasteiger charge is 2.38. The van der Waals surface area contributed by atoms with Gasteiger partial charge < -0.3 is 9.30 Å². The molecule has 0 bridgehead atoms. The van der Waals surface area contributed by atoms with E-state index < -0.39 is 17.2 Å². The van der Waals surface area contributed by atoms with Crippen LogP contribution in [0.2, 0.25) is 0 Å². The van der Waals surface area contributed by atoms with Crippen molar-refractivity contribution in [3.05, 3.63) is 149 Å². The van der Waals surface area contributed by atoms with Gasteiger partial charge in [0.1, 0.15) is 16.8 Å². The predicted molar refractivity (Wildman–Crippen MR) is 167 cm³/mol. The highest BCUT2D eigenvalue weighted by atomic mass is 79.9. The van der Waals surface area contributed by atoms with E-state index in [2.05, 4.69) is 93.3 Å². The van der Waals surface area contributed by atoms with E-state index in [1.807, 2.05) is 75.8 Å². The molecule has 0 fully saturated rings. The van der Waals surface area contributed by atoms with Crippen LogP contribution in [0.5, 0.6) is 0 Å². The number of hydrogen-bond acceptors (Lipinski definition) is 3. The topological polar surface area (TPSA) is 49.0 Å². The molecule has 41 heavy (non-hydrogen) atoms. The first-order chi connectivity index (χ1) is 19.8. The molecule has 0 amide bonds. The number of ether oxygens (including phenoxy) is 1. The van der Waals surface area contributed by atoms with Gasteiger partial charge in [0.2, 0.25) is 0 Å². The predicted octanol–water partition coefficient (Wildman–Crippen LogP) is 8.89. The van der Waals surface area contributed by atoms with Crippen molar-refractivity contribution in [1.29, 1.82) is 0 Å². The summed E-state index contributed by atoms with van der Waals surface area (Å²) in [5, 5.41) is 0.912. The SMILES string of the molecule is CC(C)(C)OC(=O)n1c(-c2cn(C(c3ccccc3)(c3ccccc3)c3ccccc3)cn2)cc2cc(Br)ccc21. The Labute approximate surface area is 248 Å². The fraction of sp³-hybridized carbons (Fsp3) is 0.143. The minimum atomic E-state index is -0.708. The Morgan fingerprint density at radius 2 is 1.29 bits per heavy atom. The second-order valence-corrected chi connectivity index (χ2v) is 11.9. The third-order valence-electron chi connectivity index (χ3n) is 7.15. The third-order valence-corrected chi connectivity index (χ3v) is 7.64. The van der Waals surface area contributed by atoms with Gasteiger partial charge in [-0.05, 0) is 61.7 Å². The minimum Gasteiger partial charge on any atom is -0.443 e. The Bertz CT molecular complexity index is 1720. The van der Waals surface area contributed by atoms with Crippen LogP contribution in [-0.4, -0.2) is 25.8 Å². The van der Waals surface area contributed by atoms with Gasteiger partial charge in [-0.3, -0.25) is 0 Å². The van der Waals surface area contributed by atoms with E-state index in [-0.39, 0.29) is 0 Å². The molecule has 6 heteroatoms. The third kappa shape index (κ3) is 4.89. The largest absolute Gasteiger partial charge is 0.443 e. The normalized spacial score (nSPS) is 12.0. The Kier molecular flexibility index (Phi) is 6.88. The van der Waals surface area contributed by atoms with E-state index in [9.17, 15) is 4.79 Å². The summed E-state index contributed by atoms with van der Waals surface area (Å²) in [5.41, 5.74) is 4.01. The second kappa shape index (κ2) is 10.5. The Morgan fingerprint density at radius 3 is 1.80 bits per heavy atom. The van der Waals surface area contributed by atoms with Crippen LogP contribution < -0.4 is 0 Å². The van der Waals surface area contributed by atoms with Gasteiger partial charge in [0.15, 0.2) is 0 Å². The number of nitrogens with zero attached hydrogens (tertiary/aromatic N) is 3. The monoisotopic (exact) mass is 603 g/mol. The number of carbonyl (C=O) groups is 1. The average molecular weight is 605 g/mol. The van der Waals surface area contributed by atoms with Gasteiger partial charge in [0, 0.05) is 16.1 Å². The fourth-order valence-corrected chi connectivity index (χ4v) is 5.88. The second-order valence-electron chi connectivity index (χ2n) is 11.0. The van der Waals surface area contributed by atoms with Crippen LogP contribution >= 0.6 is 15.9 Å². The maximum atomic E-state index is 13.6. The molecular formula is C35H30BrN3O2. The van der Waals surface area contributed by atoms with E-state index in [4.69, 9.17) is 9.72 Å². The average Bonchev–Trinajstić information content (AvgIpc) is 3.60. The van der Waals surface area contributed by atoms with Gasteiger partial charge in [-0.25, -0.2) is 14.3 Å². The summed E-state index contributed by atoms with van der Waals surface area (Å²) < 4.78 is 10.5. The molecule has 0 saturated carbocycles. The molecule has 204 valence electrons. The van der Waals surface area contributed by atoms with Crippen LogP contribution in [0.15, 0.2) is 132 Å². The van der Waals surface area contributed by atoms with Gasteiger partial charge >= 0.3 is 6.09 Å². The molecule has 0 N–H and O–H groups in total. The molecule has 6 aromatic rings. The van der Waals surface area contributed by atoms with Crippen LogP contribution in [0.1, 0.15) is 37.5 Å². The van der Waals surface area contributed by atoms with Gasteiger partial charge in [0.05, 0.1) is 17.5 Å². The summed E-state index contributed by atoms with van der Waals surface area (Å²) in [6.45, 7) is 5.61. The molecule has 0 saturated heterocycles. The van der Waals surface area contributed by atoms with Crippen molar-refractivity contribution in [3.63, 3.8) is 0 Å². The zero-order chi connectivity index (χ0) is 28.6. The summed E-state index contributed by atoms with van der Waals surface area (Å²) in [6.07, 6.45) is 3.44. The number of fused-ring (bicyclic) bond motifs is 1. The summed E-state index contributed by atoms with van der Waals surface area (Å²) in [4.78, 5) is 18.5. The number of carbonyl (C=O) groups excluding carboxylic acids is 1. The zero-order valence-corrected chi connectivity index (χ0v) is 24.7. The molecule has 0 aliphatic carbocycles. The van der Waals surface area contributed by atoms with Crippen molar-refractivity contribution in [2.45, 2.75) is 31.9 Å². The lowest BCUT2D eigenvalue weighted by Gasteiger charge is -2.37. The number of hydrogen-bond donors (Lipinski definition) is 0. The highest BCUT2D eigenvalue weighted by Crippen LogP contribution is 2.42. The van der Waals surface area contributed by atoms with Crippen molar-refractivity contribution < 1.29 is 9.53 Å². The minimum absolute atomic E-state index is 0.445. The number of imidazole rings is 1. The molecule has 0 aliphatic rings. The molecule has 2 heterocycles. The molecule has 0 radical (unpaired) electrons. The fourth-order valence-electron chi connectivity index (χ4n) is 5.50. The quantitative estimate of drug-likeness (QED) is 0.185. The lowest BCUT2D eigenvalue weighted by molar-refractivity contribution is 0.0547. The van der Waals surface area contributed by atoms with Gasteiger partial charge in [-0.1, -0.05) is 107 Å². The van der Waals surface area contributed by atoms with Crippen molar-refractivity contribution in [1.82, 2.24) is 14.1 Å². The van der Waals surface area contributed by atoms with Crippen molar-refractivity contribution in [3.8, 4) is 11.4 Å². The first kappa shape index (κ1) is 26.8. The standard InChI is InChI=1S/C35H30BrN3O2/c1-34(2,3)41-33(40)39-31-20-19-29(36)21-25(31)22-32(39)30-23-38(24-37-30)35(26-13-7-4-8-14-26,27-15-9-5-10-16-27)28-17-11-6-12-18-28/h4-24H,1-3H3. The van der Waals surface area contributed by atoms with Gasteiger partial charge in [-0.2, -0.15) is 0 Å². The van der Waals surface area contributed by atoms with Crippen LogP contribution in [0.4, 0.5) is 4.79 Å². The van der Waals surface area contributed by atoms with Crippen LogP contribution in [0.3, 0.4) is 0 Å². The first-order valence-electron chi connectivity index (χ1n) is 13.5. The summed E-state index contributed by atoms with van der Waals surface area (Å²) in [7, 11) is 0. The number of halogens is 1. The van der Waals surface area contributed by atoms with Crippen LogP contribution in [0, 0.1) is 0 Å². The molecule has 0 spiro atoms. The number of benzene rings is 4. The van der Waals surface area contributed by atoms with Crippen LogP contribution in [0.25, 0.3) is 22.3 Å². The molecule has 6 rings (SSSR count). The molecule has 2 aromatic heterocycles. The molecule has 4 aromatic carbocycles. The Balaban J connectivity index is 1.61. The van der Waals surface area contributed by atoms with Crippen molar-refractivity contribution >= 4 is 32.9 Å². The molecule has 0 aliphatic heterocycles. The highest BCUT2D eigenvalue weighted by molar-refractivity contribution is 9.10. The van der Waals surface area contributed by atoms with E-state index in [1.54, 1.807) is 4.57 Å². The smallest absolute Gasteiger partial charge is 0.419 e. The molecule has 5 nitrogen and oxygen atoms in total. The summed E-state index contributed by atoms with van der Waals surface area (Å²) in [6, 6.07) is 39.2. The lowest BCUT2D eigenvalue weighted by Crippen LogP contribution is -2.36. The maximum Gasteiger partial charge on any atom is 0.419 e. The zero-order valence-electron chi connectivity index (χ0n) is 23.2. The number of rotatable bonds is 5. The van der Waals surface area contributed by atoms with Crippen LogP contribution in [-0.2, 0) is 10.3 Å². The van der Waals surface area contributed by atoms with E-state index in [1.165, 1.54) is 0 Å². The van der Waals surface area contributed by atoms with Gasteiger partial charge in [-0.15, -0.1) is 0 Å². The van der Waals surface area contributed by atoms with Crippen molar-refractivity contribution in [2.24, 2.45) is 0 Å². The van der Waals surface area contributed by atoms with E-state index in [0.717, 1.165) is 32.1 Å². The van der Waals surface area contributed by atoms with Crippen molar-refractivity contribution in [2.75, 3.05) is 0 Å². The summed E-state index contributed by atoms with van der Waals surface area (Å²) >= 11 is 3.57. The number of aromatic nitrogens is 3. The Morgan fingerprint density at radius 1 is 0.756 bits per heavy atom. The maximum absolute atomic E-state index is 13.6. The van der Waals surface area contributed by atoms with E-state index >= 15 is 0 Å². The van der Waals surface area contributed by atoms with E-state index in [0.29, 0.717) is 11.4 Å². The summed E-state index contributed by atoms with van der Waals surface area (Å²) in [5.74, 6) is 0. The molecule has 0 unspecified atom stereocenters.